The van der Waals surface area contributed by atoms with Gasteiger partial charge in [-0.2, -0.15) is 0 Å². The number of imidazole rings is 1. The first kappa shape index (κ1) is 22.0. The van der Waals surface area contributed by atoms with Crippen LogP contribution in [0.3, 0.4) is 0 Å². The van der Waals surface area contributed by atoms with E-state index in [1.165, 1.54) is 42.5 Å². The second-order valence-electron chi connectivity index (χ2n) is 10.2. The second kappa shape index (κ2) is 8.70. The molecule has 0 spiro atoms. The fraction of sp³-hybridized carbons (Fsp3) is 0.219. The number of imide groups is 1. The molecule has 0 atom stereocenters. The Hall–Kier alpha value is -4.25. The quantitative estimate of drug-likeness (QED) is 0.254. The molecule has 1 saturated carbocycles. The summed E-state index contributed by atoms with van der Waals surface area (Å²) in [5, 5.41) is 1.66. The van der Waals surface area contributed by atoms with Gasteiger partial charge in [0.25, 0.3) is 11.8 Å². The Morgan fingerprint density at radius 1 is 0.757 bits per heavy atom. The van der Waals surface area contributed by atoms with E-state index in [4.69, 9.17) is 4.98 Å². The third-order valence-electron chi connectivity index (χ3n) is 8.03. The maximum absolute atomic E-state index is 13.5. The van der Waals surface area contributed by atoms with Crippen molar-refractivity contribution in [2.24, 2.45) is 0 Å². The topological polar surface area (TPSA) is 55.2 Å². The fourth-order valence-corrected chi connectivity index (χ4v) is 6.16. The number of rotatable bonds is 4. The Kier molecular flexibility index (Phi) is 5.17. The molecular formula is C32H27N3O2. The standard InChI is InChI=1S/C32H27N3O2/c36-31-26-13-7-12-25-24(15-16-27(30(25)26)32(37)34(31)19-21-8-3-1-4-9-21)22-14-17-29-28(18-22)33-20-35(29)23-10-5-2-6-11-23/h1,3-4,7-9,12-18,20,23H,2,5-6,10-11,19H2. The van der Waals surface area contributed by atoms with Crippen molar-refractivity contribution in [3.05, 3.63) is 102 Å². The van der Waals surface area contributed by atoms with Gasteiger partial charge < -0.3 is 4.57 Å². The first-order valence-corrected chi connectivity index (χ1v) is 13.1. The van der Waals surface area contributed by atoms with Crippen LogP contribution in [-0.2, 0) is 6.54 Å². The number of carbonyl (C=O) groups is 2. The van der Waals surface area contributed by atoms with E-state index in [9.17, 15) is 9.59 Å². The van der Waals surface area contributed by atoms with Crippen molar-refractivity contribution in [3.8, 4) is 11.1 Å². The summed E-state index contributed by atoms with van der Waals surface area (Å²) < 4.78 is 2.34. The number of amides is 2. The van der Waals surface area contributed by atoms with Crippen molar-refractivity contribution in [3.63, 3.8) is 0 Å². The summed E-state index contributed by atoms with van der Waals surface area (Å²) in [7, 11) is 0. The maximum atomic E-state index is 13.5. The molecule has 0 bridgehead atoms. The smallest absolute Gasteiger partial charge is 0.261 e. The van der Waals surface area contributed by atoms with Crippen LogP contribution in [0.2, 0.25) is 0 Å². The predicted molar refractivity (Wildman–Crippen MR) is 145 cm³/mol. The molecule has 1 aromatic heterocycles. The van der Waals surface area contributed by atoms with Crippen LogP contribution in [0.15, 0.2) is 85.2 Å². The summed E-state index contributed by atoms with van der Waals surface area (Å²) in [6, 6.07) is 26.2. The van der Waals surface area contributed by atoms with Crippen molar-refractivity contribution in [2.75, 3.05) is 0 Å². The van der Waals surface area contributed by atoms with Crippen LogP contribution < -0.4 is 0 Å². The molecule has 1 aliphatic heterocycles. The molecule has 0 N–H and O–H groups in total. The molecule has 1 fully saturated rings. The van der Waals surface area contributed by atoms with Crippen molar-refractivity contribution < 1.29 is 9.59 Å². The van der Waals surface area contributed by atoms with Gasteiger partial charge in [-0.05, 0) is 59.2 Å². The van der Waals surface area contributed by atoms with Crippen molar-refractivity contribution in [1.82, 2.24) is 14.5 Å². The van der Waals surface area contributed by atoms with Gasteiger partial charge in [-0.15, -0.1) is 0 Å². The van der Waals surface area contributed by atoms with Gasteiger partial charge in [0, 0.05) is 22.6 Å². The van der Waals surface area contributed by atoms with E-state index >= 15 is 0 Å². The molecule has 0 radical (unpaired) electrons. The van der Waals surface area contributed by atoms with Gasteiger partial charge in [-0.25, -0.2) is 4.98 Å². The molecule has 182 valence electrons. The van der Waals surface area contributed by atoms with E-state index in [-0.39, 0.29) is 18.4 Å². The second-order valence-corrected chi connectivity index (χ2v) is 10.2. The molecule has 5 heteroatoms. The van der Waals surface area contributed by atoms with Gasteiger partial charge in [-0.1, -0.05) is 73.9 Å². The van der Waals surface area contributed by atoms with E-state index in [1.54, 1.807) is 0 Å². The number of carbonyl (C=O) groups excluding carboxylic acids is 2. The Labute approximate surface area is 215 Å². The van der Waals surface area contributed by atoms with Crippen LogP contribution in [0, 0.1) is 0 Å². The van der Waals surface area contributed by atoms with Gasteiger partial charge in [0.05, 0.1) is 23.9 Å². The molecule has 2 amide bonds. The average molecular weight is 486 g/mol. The lowest BCUT2D eigenvalue weighted by Gasteiger charge is -2.28. The lowest BCUT2D eigenvalue weighted by molar-refractivity contribution is 0.0598. The van der Waals surface area contributed by atoms with E-state index in [1.807, 2.05) is 67.0 Å². The summed E-state index contributed by atoms with van der Waals surface area (Å²) in [5.74, 6) is -0.489. The molecule has 2 heterocycles. The van der Waals surface area contributed by atoms with Gasteiger partial charge in [0.15, 0.2) is 0 Å². The number of hydrogen-bond acceptors (Lipinski definition) is 3. The Morgan fingerprint density at radius 3 is 2.32 bits per heavy atom. The van der Waals surface area contributed by atoms with Crippen molar-refractivity contribution in [1.29, 1.82) is 0 Å². The highest BCUT2D eigenvalue weighted by Crippen LogP contribution is 2.38. The van der Waals surface area contributed by atoms with Crippen LogP contribution in [0.5, 0.6) is 0 Å². The molecular weight excluding hydrogens is 458 g/mol. The zero-order valence-corrected chi connectivity index (χ0v) is 20.6. The molecule has 7 rings (SSSR count). The molecule has 1 aliphatic carbocycles. The van der Waals surface area contributed by atoms with E-state index in [0.29, 0.717) is 17.2 Å². The Bertz CT molecular complexity index is 1660. The molecule has 2 aliphatic rings. The van der Waals surface area contributed by atoms with Gasteiger partial charge in [-0.3, -0.25) is 14.5 Å². The maximum Gasteiger partial charge on any atom is 0.261 e. The Morgan fingerprint density at radius 2 is 1.51 bits per heavy atom. The van der Waals surface area contributed by atoms with E-state index < -0.39 is 0 Å². The number of benzene rings is 4. The summed E-state index contributed by atoms with van der Waals surface area (Å²) in [4.78, 5) is 33.1. The van der Waals surface area contributed by atoms with Crippen molar-refractivity contribution >= 4 is 33.6 Å². The minimum atomic E-state index is -0.245. The van der Waals surface area contributed by atoms with Gasteiger partial charge >= 0.3 is 0 Å². The van der Waals surface area contributed by atoms with Crippen molar-refractivity contribution in [2.45, 2.75) is 44.7 Å². The van der Waals surface area contributed by atoms with Crippen LogP contribution in [0.25, 0.3) is 32.9 Å². The SMILES string of the molecule is O=C1c2cccc3c(-c4ccc5c(c4)ncn5C4CCCCC4)ccc(c23)C(=O)N1Cc1ccccc1. The summed E-state index contributed by atoms with van der Waals surface area (Å²) >= 11 is 0. The van der Waals surface area contributed by atoms with Crippen LogP contribution in [0.4, 0.5) is 0 Å². The van der Waals surface area contributed by atoms with Gasteiger partial charge in [0.2, 0.25) is 0 Å². The van der Waals surface area contributed by atoms with Crippen LogP contribution >= 0.6 is 0 Å². The number of fused-ring (bicyclic) bond motifs is 1. The highest BCUT2D eigenvalue weighted by Gasteiger charge is 2.33. The summed E-state index contributed by atoms with van der Waals surface area (Å²) in [6.07, 6.45) is 8.30. The summed E-state index contributed by atoms with van der Waals surface area (Å²) in [5.41, 5.74) is 6.27. The summed E-state index contributed by atoms with van der Waals surface area (Å²) in [6.45, 7) is 0.260. The first-order valence-electron chi connectivity index (χ1n) is 13.1. The molecule has 5 aromatic rings. The first-order chi connectivity index (χ1) is 18.2. The molecule has 0 unspecified atom stereocenters. The fourth-order valence-electron chi connectivity index (χ4n) is 6.16. The largest absolute Gasteiger partial charge is 0.327 e. The minimum absolute atomic E-state index is 0.245. The molecule has 4 aromatic carbocycles. The third-order valence-corrected chi connectivity index (χ3v) is 8.03. The number of hydrogen-bond donors (Lipinski definition) is 0. The Balaban J connectivity index is 1.30. The monoisotopic (exact) mass is 485 g/mol. The number of nitrogens with zero attached hydrogens (tertiary/aromatic N) is 3. The zero-order chi connectivity index (χ0) is 24.9. The minimum Gasteiger partial charge on any atom is -0.327 e. The normalized spacial score (nSPS) is 16.2. The zero-order valence-electron chi connectivity index (χ0n) is 20.6. The highest BCUT2D eigenvalue weighted by atomic mass is 16.2. The molecule has 0 saturated heterocycles. The average Bonchev–Trinajstić information content (AvgIpc) is 3.38. The van der Waals surface area contributed by atoms with Crippen LogP contribution in [-0.4, -0.2) is 26.3 Å². The van der Waals surface area contributed by atoms with Gasteiger partial charge in [0.1, 0.15) is 0 Å². The van der Waals surface area contributed by atoms with Crippen LogP contribution in [0.1, 0.15) is 64.4 Å². The highest BCUT2D eigenvalue weighted by molar-refractivity contribution is 6.26. The predicted octanol–water partition coefficient (Wildman–Crippen LogP) is 7.16. The molecule has 5 nitrogen and oxygen atoms in total. The van der Waals surface area contributed by atoms with E-state index in [2.05, 4.69) is 22.8 Å². The number of aromatic nitrogens is 2. The lowest BCUT2D eigenvalue weighted by atomic mass is 9.89. The van der Waals surface area contributed by atoms with E-state index in [0.717, 1.165) is 33.0 Å². The third kappa shape index (κ3) is 3.57. The molecule has 37 heavy (non-hydrogen) atoms. The lowest BCUT2D eigenvalue weighted by Crippen LogP contribution is -2.39.